The van der Waals surface area contributed by atoms with Crippen LogP contribution in [0.3, 0.4) is 0 Å². The highest BCUT2D eigenvalue weighted by molar-refractivity contribution is 5.76. The number of benzene rings is 2. The molecule has 2 rings (SSSR count). The number of ether oxygens (including phenoxy) is 2. The van der Waals surface area contributed by atoms with Crippen molar-refractivity contribution in [3.8, 4) is 11.5 Å². The van der Waals surface area contributed by atoms with Crippen molar-refractivity contribution in [2.45, 2.75) is 12.8 Å². The Morgan fingerprint density at radius 2 is 1.87 bits per heavy atom. The number of aryl methyl sites for hydroxylation is 1. The molecule has 0 radical (unpaired) electrons. The van der Waals surface area contributed by atoms with Gasteiger partial charge in [0.05, 0.1) is 13.7 Å². The lowest BCUT2D eigenvalue weighted by atomic mass is 10.1. The number of hydrogen-bond donors (Lipinski definition) is 2. The van der Waals surface area contributed by atoms with Gasteiger partial charge in [-0.1, -0.05) is 12.1 Å². The van der Waals surface area contributed by atoms with Crippen LogP contribution in [0.4, 0.5) is 5.69 Å². The maximum Gasteiger partial charge on any atom is 0.220 e. The summed E-state index contributed by atoms with van der Waals surface area (Å²) in [6.45, 7) is 0.901. The minimum atomic E-state index is 0.00533. The zero-order valence-corrected chi connectivity index (χ0v) is 13.2. The van der Waals surface area contributed by atoms with Crippen LogP contribution in [0.5, 0.6) is 11.5 Å². The number of hydrogen-bond acceptors (Lipinski definition) is 4. The van der Waals surface area contributed by atoms with E-state index in [1.807, 2.05) is 48.5 Å². The molecule has 122 valence electrons. The van der Waals surface area contributed by atoms with Crippen molar-refractivity contribution in [1.82, 2.24) is 5.32 Å². The van der Waals surface area contributed by atoms with E-state index in [0.717, 1.165) is 22.7 Å². The first-order valence-corrected chi connectivity index (χ1v) is 7.55. The molecule has 0 atom stereocenters. The molecular weight excluding hydrogens is 292 g/mol. The number of nitrogens with two attached hydrogens (primary N) is 1. The van der Waals surface area contributed by atoms with Crippen LogP contribution >= 0.6 is 0 Å². The number of nitrogens with one attached hydrogen (secondary N) is 1. The smallest absolute Gasteiger partial charge is 0.220 e. The predicted octanol–water partition coefficient (Wildman–Crippen LogP) is 2.41. The van der Waals surface area contributed by atoms with Crippen molar-refractivity contribution in [3.05, 3.63) is 54.1 Å². The first kappa shape index (κ1) is 16.7. The molecular formula is C18H22N2O3. The van der Waals surface area contributed by atoms with Crippen LogP contribution in [0.15, 0.2) is 48.5 Å². The summed E-state index contributed by atoms with van der Waals surface area (Å²) in [6.07, 6.45) is 1.11. The summed E-state index contributed by atoms with van der Waals surface area (Å²) in [6, 6.07) is 14.9. The van der Waals surface area contributed by atoms with Gasteiger partial charge in [-0.3, -0.25) is 4.79 Å². The zero-order chi connectivity index (χ0) is 16.5. The van der Waals surface area contributed by atoms with Crippen LogP contribution in [0.25, 0.3) is 0 Å². The Balaban J connectivity index is 1.62. The van der Waals surface area contributed by atoms with E-state index < -0.39 is 0 Å². The highest BCUT2D eigenvalue weighted by Crippen LogP contribution is 2.16. The monoisotopic (exact) mass is 314 g/mol. The standard InChI is InChI=1S/C18H22N2O3/c1-22-16-6-8-17(9-7-16)23-12-11-20-18(21)10-5-14-3-2-4-15(19)13-14/h2-4,6-9,13H,5,10-12,19H2,1H3,(H,20,21). The zero-order valence-electron chi connectivity index (χ0n) is 13.2. The molecule has 0 unspecified atom stereocenters. The third kappa shape index (κ3) is 5.90. The van der Waals surface area contributed by atoms with Crippen molar-refractivity contribution < 1.29 is 14.3 Å². The van der Waals surface area contributed by atoms with Crippen molar-refractivity contribution in [2.24, 2.45) is 0 Å². The molecule has 23 heavy (non-hydrogen) atoms. The van der Waals surface area contributed by atoms with Crippen molar-refractivity contribution >= 4 is 11.6 Å². The van der Waals surface area contributed by atoms with Crippen molar-refractivity contribution in [2.75, 3.05) is 26.0 Å². The van der Waals surface area contributed by atoms with E-state index in [2.05, 4.69) is 5.32 Å². The van der Waals surface area contributed by atoms with Crippen molar-refractivity contribution in [3.63, 3.8) is 0 Å². The van der Waals surface area contributed by atoms with Crippen LogP contribution in [0.1, 0.15) is 12.0 Å². The summed E-state index contributed by atoms with van der Waals surface area (Å²) in [4.78, 5) is 11.8. The largest absolute Gasteiger partial charge is 0.497 e. The number of anilines is 1. The average Bonchev–Trinajstić information content (AvgIpc) is 2.57. The molecule has 2 aromatic carbocycles. The average molecular weight is 314 g/mol. The van der Waals surface area contributed by atoms with Crippen LogP contribution in [0.2, 0.25) is 0 Å². The number of carbonyl (C=O) groups excluding carboxylic acids is 1. The minimum Gasteiger partial charge on any atom is -0.497 e. The molecule has 3 N–H and O–H groups in total. The summed E-state index contributed by atoms with van der Waals surface area (Å²) in [5, 5.41) is 2.84. The summed E-state index contributed by atoms with van der Waals surface area (Å²) in [5.41, 5.74) is 7.49. The molecule has 0 heterocycles. The molecule has 5 heteroatoms. The maximum atomic E-state index is 11.8. The number of carbonyl (C=O) groups is 1. The molecule has 0 saturated heterocycles. The van der Waals surface area contributed by atoms with Gasteiger partial charge in [0.2, 0.25) is 5.91 Å². The lowest BCUT2D eigenvalue weighted by Gasteiger charge is -2.08. The maximum absolute atomic E-state index is 11.8. The third-order valence-electron chi connectivity index (χ3n) is 3.34. The summed E-state index contributed by atoms with van der Waals surface area (Å²) in [7, 11) is 1.62. The van der Waals surface area contributed by atoms with Gasteiger partial charge in [0, 0.05) is 12.1 Å². The number of methoxy groups -OCH3 is 1. The minimum absolute atomic E-state index is 0.00533. The third-order valence-corrected chi connectivity index (χ3v) is 3.34. The van der Waals surface area contributed by atoms with E-state index in [1.165, 1.54) is 0 Å². The Kier molecular flexibility index (Phi) is 6.29. The Bertz CT molecular complexity index is 626. The van der Waals surface area contributed by atoms with Gasteiger partial charge >= 0.3 is 0 Å². The topological polar surface area (TPSA) is 73.6 Å². The van der Waals surface area contributed by atoms with Crippen molar-refractivity contribution in [1.29, 1.82) is 0 Å². The molecule has 0 aliphatic carbocycles. The second kappa shape index (κ2) is 8.68. The fourth-order valence-corrected chi connectivity index (χ4v) is 2.13. The number of nitrogen functional groups attached to an aromatic ring is 1. The van der Waals surface area contributed by atoms with Gasteiger partial charge in [-0.05, 0) is 48.4 Å². The summed E-state index contributed by atoms with van der Waals surface area (Å²) in [5.74, 6) is 1.54. The molecule has 5 nitrogen and oxygen atoms in total. The van der Waals surface area contributed by atoms with Gasteiger partial charge in [0.1, 0.15) is 18.1 Å². The molecule has 0 bridgehead atoms. The van der Waals surface area contributed by atoms with E-state index in [4.69, 9.17) is 15.2 Å². The Morgan fingerprint density at radius 3 is 2.57 bits per heavy atom. The van der Waals surface area contributed by atoms with E-state index in [0.29, 0.717) is 26.0 Å². The highest BCUT2D eigenvalue weighted by Gasteiger charge is 2.02. The van der Waals surface area contributed by atoms with E-state index in [9.17, 15) is 4.79 Å². The molecule has 0 saturated carbocycles. The van der Waals surface area contributed by atoms with E-state index in [1.54, 1.807) is 7.11 Å². The first-order chi connectivity index (χ1) is 11.2. The predicted molar refractivity (Wildman–Crippen MR) is 90.7 cm³/mol. The second-order valence-electron chi connectivity index (χ2n) is 5.12. The van der Waals surface area contributed by atoms with Gasteiger partial charge in [-0.15, -0.1) is 0 Å². The SMILES string of the molecule is COc1ccc(OCCNC(=O)CCc2cccc(N)c2)cc1. The van der Waals surface area contributed by atoms with Gasteiger partial charge in [-0.25, -0.2) is 0 Å². The van der Waals surface area contributed by atoms with Crippen LogP contribution in [-0.2, 0) is 11.2 Å². The van der Waals surface area contributed by atoms with Gasteiger partial charge in [0.15, 0.2) is 0 Å². The van der Waals surface area contributed by atoms with Crippen LogP contribution in [-0.4, -0.2) is 26.2 Å². The Labute approximate surface area is 136 Å². The van der Waals surface area contributed by atoms with Gasteiger partial charge < -0.3 is 20.5 Å². The molecule has 0 aliphatic heterocycles. The Morgan fingerprint density at radius 1 is 1.13 bits per heavy atom. The number of amides is 1. The first-order valence-electron chi connectivity index (χ1n) is 7.55. The van der Waals surface area contributed by atoms with E-state index >= 15 is 0 Å². The fraction of sp³-hybridized carbons (Fsp3) is 0.278. The molecule has 0 aromatic heterocycles. The lowest BCUT2D eigenvalue weighted by Crippen LogP contribution is -2.28. The molecule has 1 amide bonds. The second-order valence-corrected chi connectivity index (χ2v) is 5.12. The summed E-state index contributed by atoms with van der Waals surface area (Å²) < 4.78 is 10.6. The molecule has 0 fully saturated rings. The molecule has 2 aromatic rings. The summed E-state index contributed by atoms with van der Waals surface area (Å²) >= 11 is 0. The van der Waals surface area contributed by atoms with E-state index in [-0.39, 0.29) is 5.91 Å². The van der Waals surface area contributed by atoms with Crippen LogP contribution in [0, 0.1) is 0 Å². The lowest BCUT2D eigenvalue weighted by molar-refractivity contribution is -0.121. The van der Waals surface area contributed by atoms with Crippen LogP contribution < -0.4 is 20.5 Å². The molecule has 0 spiro atoms. The quantitative estimate of drug-likeness (QED) is 0.580. The number of rotatable bonds is 8. The highest BCUT2D eigenvalue weighted by atomic mass is 16.5. The normalized spacial score (nSPS) is 10.1. The van der Waals surface area contributed by atoms with Gasteiger partial charge in [0.25, 0.3) is 0 Å². The fourth-order valence-electron chi connectivity index (χ4n) is 2.13. The molecule has 0 aliphatic rings. The Hall–Kier alpha value is -2.69. The van der Waals surface area contributed by atoms with Gasteiger partial charge in [-0.2, -0.15) is 0 Å².